The Morgan fingerprint density at radius 1 is 1.10 bits per heavy atom. The van der Waals surface area contributed by atoms with Crippen LogP contribution in [0, 0.1) is 0 Å². The third kappa shape index (κ3) is 3.62. The Labute approximate surface area is 129 Å². The lowest BCUT2D eigenvalue weighted by Crippen LogP contribution is -2.24. The van der Waals surface area contributed by atoms with Crippen molar-refractivity contribution < 1.29 is 5.11 Å². The van der Waals surface area contributed by atoms with Crippen LogP contribution in [0.3, 0.4) is 0 Å². The van der Waals surface area contributed by atoms with Crippen LogP contribution in [0.2, 0.25) is 0 Å². The quantitative estimate of drug-likeness (QED) is 0.810. The number of benzene rings is 2. The molecule has 20 heavy (non-hydrogen) atoms. The Morgan fingerprint density at radius 2 is 1.75 bits per heavy atom. The standard InChI is InChI=1S/C17H20BrNO/c1-3-17(13-8-10-14(20)11-9-13)19-12(2)15-6-4-5-7-16(15)18/h4-12,17,19-20H,3H2,1-2H3. The molecule has 0 spiro atoms. The highest BCUT2D eigenvalue weighted by molar-refractivity contribution is 9.10. The van der Waals surface area contributed by atoms with Gasteiger partial charge in [-0.05, 0) is 42.7 Å². The Bertz CT molecular complexity index is 553. The van der Waals surface area contributed by atoms with E-state index in [1.165, 1.54) is 11.1 Å². The minimum absolute atomic E-state index is 0.254. The van der Waals surface area contributed by atoms with Gasteiger partial charge in [-0.1, -0.05) is 53.2 Å². The summed E-state index contributed by atoms with van der Waals surface area (Å²) < 4.78 is 1.13. The van der Waals surface area contributed by atoms with E-state index in [1.54, 1.807) is 12.1 Å². The highest BCUT2D eigenvalue weighted by Gasteiger charge is 2.15. The molecular weight excluding hydrogens is 314 g/mol. The molecule has 3 heteroatoms. The Morgan fingerprint density at radius 3 is 2.35 bits per heavy atom. The van der Waals surface area contributed by atoms with E-state index in [-0.39, 0.29) is 12.1 Å². The first-order chi connectivity index (χ1) is 9.61. The van der Waals surface area contributed by atoms with Crippen molar-refractivity contribution in [3.63, 3.8) is 0 Å². The van der Waals surface area contributed by atoms with Gasteiger partial charge in [0.2, 0.25) is 0 Å². The number of halogens is 1. The van der Waals surface area contributed by atoms with E-state index in [4.69, 9.17) is 0 Å². The maximum atomic E-state index is 9.38. The summed E-state index contributed by atoms with van der Waals surface area (Å²) in [5.74, 6) is 0.308. The van der Waals surface area contributed by atoms with Gasteiger partial charge in [-0.2, -0.15) is 0 Å². The van der Waals surface area contributed by atoms with E-state index in [0.29, 0.717) is 5.75 Å². The number of rotatable bonds is 5. The summed E-state index contributed by atoms with van der Waals surface area (Å²) in [6.07, 6.45) is 1.000. The van der Waals surface area contributed by atoms with Crippen LogP contribution in [0.4, 0.5) is 0 Å². The minimum atomic E-state index is 0.254. The lowest BCUT2D eigenvalue weighted by molar-refractivity contribution is 0.452. The first-order valence-corrected chi connectivity index (χ1v) is 7.70. The third-order valence-electron chi connectivity index (χ3n) is 3.53. The molecule has 2 aromatic rings. The summed E-state index contributed by atoms with van der Waals surface area (Å²) in [4.78, 5) is 0. The summed E-state index contributed by atoms with van der Waals surface area (Å²) in [6.45, 7) is 4.33. The minimum Gasteiger partial charge on any atom is -0.508 e. The highest BCUT2D eigenvalue weighted by atomic mass is 79.9. The van der Waals surface area contributed by atoms with Gasteiger partial charge in [0, 0.05) is 16.6 Å². The third-order valence-corrected chi connectivity index (χ3v) is 4.25. The molecule has 2 N–H and O–H groups in total. The first kappa shape index (κ1) is 15.1. The highest BCUT2D eigenvalue weighted by Crippen LogP contribution is 2.27. The van der Waals surface area contributed by atoms with Crippen LogP contribution in [-0.2, 0) is 0 Å². The van der Waals surface area contributed by atoms with Crippen molar-refractivity contribution in [2.45, 2.75) is 32.4 Å². The molecule has 0 amide bonds. The predicted octanol–water partition coefficient (Wildman–Crippen LogP) is 4.96. The second-order valence-corrected chi connectivity index (χ2v) is 5.82. The van der Waals surface area contributed by atoms with E-state index in [9.17, 15) is 5.11 Å². The molecule has 2 aromatic carbocycles. The second kappa shape index (κ2) is 6.91. The van der Waals surface area contributed by atoms with E-state index >= 15 is 0 Å². The van der Waals surface area contributed by atoms with E-state index in [1.807, 2.05) is 18.2 Å². The number of hydrogen-bond donors (Lipinski definition) is 2. The average Bonchev–Trinajstić information content (AvgIpc) is 2.46. The van der Waals surface area contributed by atoms with Gasteiger partial charge in [-0.25, -0.2) is 0 Å². The van der Waals surface area contributed by atoms with Crippen molar-refractivity contribution in [3.8, 4) is 5.75 Å². The summed E-state index contributed by atoms with van der Waals surface area (Å²) in [7, 11) is 0. The Kier molecular flexibility index (Phi) is 5.21. The molecule has 0 aromatic heterocycles. The summed E-state index contributed by atoms with van der Waals surface area (Å²) >= 11 is 3.60. The zero-order chi connectivity index (χ0) is 14.5. The van der Waals surface area contributed by atoms with Gasteiger partial charge in [0.1, 0.15) is 5.75 Å². The van der Waals surface area contributed by atoms with Crippen molar-refractivity contribution in [3.05, 3.63) is 64.1 Å². The van der Waals surface area contributed by atoms with Gasteiger partial charge in [0.25, 0.3) is 0 Å². The maximum absolute atomic E-state index is 9.38. The molecule has 106 valence electrons. The number of aromatic hydroxyl groups is 1. The van der Waals surface area contributed by atoms with Gasteiger partial charge in [0.05, 0.1) is 0 Å². The van der Waals surface area contributed by atoms with E-state index in [0.717, 1.165) is 10.9 Å². The zero-order valence-electron chi connectivity index (χ0n) is 11.8. The fourth-order valence-electron chi connectivity index (χ4n) is 2.37. The molecule has 0 saturated carbocycles. The molecule has 2 nitrogen and oxygen atoms in total. The monoisotopic (exact) mass is 333 g/mol. The Balaban J connectivity index is 2.14. The van der Waals surface area contributed by atoms with Gasteiger partial charge in [-0.3, -0.25) is 0 Å². The van der Waals surface area contributed by atoms with Crippen molar-refractivity contribution in [1.82, 2.24) is 5.32 Å². The van der Waals surface area contributed by atoms with Crippen LogP contribution in [0.1, 0.15) is 43.5 Å². The second-order valence-electron chi connectivity index (χ2n) is 4.96. The molecular formula is C17H20BrNO. The molecule has 0 fully saturated rings. The normalized spacial score (nSPS) is 13.9. The molecule has 0 aliphatic carbocycles. The van der Waals surface area contributed by atoms with Crippen molar-refractivity contribution in [1.29, 1.82) is 0 Å². The lowest BCUT2D eigenvalue weighted by atomic mass is 10.0. The molecule has 0 aliphatic heterocycles. The summed E-state index contributed by atoms with van der Waals surface area (Å²) in [5, 5.41) is 13.0. The van der Waals surface area contributed by atoms with Crippen LogP contribution < -0.4 is 5.32 Å². The van der Waals surface area contributed by atoms with Crippen LogP contribution >= 0.6 is 15.9 Å². The van der Waals surface area contributed by atoms with Crippen LogP contribution in [-0.4, -0.2) is 5.11 Å². The van der Waals surface area contributed by atoms with Gasteiger partial charge in [-0.15, -0.1) is 0 Å². The topological polar surface area (TPSA) is 32.3 Å². The van der Waals surface area contributed by atoms with Gasteiger partial charge in [0.15, 0.2) is 0 Å². The zero-order valence-corrected chi connectivity index (χ0v) is 13.4. The fraction of sp³-hybridized carbons (Fsp3) is 0.294. The fourth-order valence-corrected chi connectivity index (χ4v) is 3.00. The molecule has 0 saturated heterocycles. The largest absolute Gasteiger partial charge is 0.508 e. The van der Waals surface area contributed by atoms with Crippen molar-refractivity contribution >= 4 is 15.9 Å². The average molecular weight is 334 g/mol. The lowest BCUT2D eigenvalue weighted by Gasteiger charge is -2.24. The molecule has 0 aliphatic rings. The summed E-state index contributed by atoms with van der Waals surface area (Å²) in [6, 6.07) is 16.2. The predicted molar refractivity (Wildman–Crippen MR) is 86.8 cm³/mol. The molecule has 2 unspecified atom stereocenters. The molecule has 2 rings (SSSR count). The van der Waals surface area contributed by atoms with Crippen LogP contribution in [0.5, 0.6) is 5.75 Å². The number of phenols is 1. The van der Waals surface area contributed by atoms with E-state index < -0.39 is 0 Å². The first-order valence-electron chi connectivity index (χ1n) is 6.91. The summed E-state index contributed by atoms with van der Waals surface area (Å²) in [5.41, 5.74) is 2.45. The number of hydrogen-bond acceptors (Lipinski definition) is 2. The Hall–Kier alpha value is -1.32. The number of phenolic OH excluding ortho intramolecular Hbond substituents is 1. The number of nitrogens with one attached hydrogen (secondary N) is 1. The van der Waals surface area contributed by atoms with E-state index in [2.05, 4.69) is 53.3 Å². The molecule has 0 heterocycles. The van der Waals surface area contributed by atoms with Crippen LogP contribution in [0.25, 0.3) is 0 Å². The van der Waals surface area contributed by atoms with Crippen molar-refractivity contribution in [2.24, 2.45) is 0 Å². The molecule has 0 radical (unpaired) electrons. The van der Waals surface area contributed by atoms with Crippen molar-refractivity contribution in [2.75, 3.05) is 0 Å². The molecule has 0 bridgehead atoms. The van der Waals surface area contributed by atoms with Gasteiger partial charge < -0.3 is 10.4 Å². The maximum Gasteiger partial charge on any atom is 0.115 e. The van der Waals surface area contributed by atoms with Crippen LogP contribution in [0.15, 0.2) is 53.0 Å². The van der Waals surface area contributed by atoms with Gasteiger partial charge >= 0.3 is 0 Å². The SMILES string of the molecule is CCC(NC(C)c1ccccc1Br)c1ccc(O)cc1. The molecule has 2 atom stereocenters. The smallest absolute Gasteiger partial charge is 0.115 e.